The molecule has 29 heavy (non-hydrogen) atoms. The van der Waals surface area contributed by atoms with Crippen molar-refractivity contribution in [3.8, 4) is 22.4 Å². The summed E-state index contributed by atoms with van der Waals surface area (Å²) in [7, 11) is -3.62. The molecule has 6 heteroatoms. The third kappa shape index (κ3) is 4.45. The first kappa shape index (κ1) is 19.5. The van der Waals surface area contributed by atoms with Gasteiger partial charge in [0.25, 0.3) is 0 Å². The van der Waals surface area contributed by atoms with Gasteiger partial charge in [0.05, 0.1) is 10.6 Å². The third-order valence-corrected chi connectivity index (χ3v) is 6.79. The zero-order chi connectivity index (χ0) is 20.3. The fourth-order valence-corrected chi connectivity index (χ4v) is 4.72. The molecule has 1 N–H and O–H groups in total. The lowest BCUT2D eigenvalue weighted by Crippen LogP contribution is -2.23. The summed E-state index contributed by atoms with van der Waals surface area (Å²) in [5.74, 6) is 0. The molecule has 0 spiro atoms. The standard InChI is InChI=1S/C23H20N2O2S2/c1-17-4-6-18(7-5-17)19-8-10-22(11-9-19)29(26,27)25-15-20-3-2-13-24-23(20)21-12-14-28-16-21/h2-14,16,25H,15H2,1H3. The molecule has 4 rings (SSSR count). The van der Waals surface area contributed by atoms with Crippen LogP contribution in [0.3, 0.4) is 0 Å². The lowest BCUT2D eigenvalue weighted by atomic mass is 10.0. The Balaban J connectivity index is 1.52. The molecule has 146 valence electrons. The highest BCUT2D eigenvalue weighted by Gasteiger charge is 2.15. The van der Waals surface area contributed by atoms with Crippen LogP contribution in [0.1, 0.15) is 11.1 Å². The maximum Gasteiger partial charge on any atom is 0.240 e. The maximum absolute atomic E-state index is 12.8. The molecule has 0 fully saturated rings. The molecule has 0 saturated heterocycles. The van der Waals surface area contributed by atoms with Gasteiger partial charge in [-0.2, -0.15) is 11.3 Å². The molecule has 0 aliphatic carbocycles. The van der Waals surface area contributed by atoms with Crippen LogP contribution in [-0.2, 0) is 16.6 Å². The van der Waals surface area contributed by atoms with Crippen LogP contribution in [-0.4, -0.2) is 13.4 Å². The molecule has 0 aliphatic heterocycles. The van der Waals surface area contributed by atoms with Crippen LogP contribution < -0.4 is 4.72 Å². The molecule has 2 aromatic carbocycles. The highest BCUT2D eigenvalue weighted by atomic mass is 32.2. The highest BCUT2D eigenvalue weighted by Crippen LogP contribution is 2.25. The van der Waals surface area contributed by atoms with Crippen molar-refractivity contribution in [1.82, 2.24) is 9.71 Å². The van der Waals surface area contributed by atoms with Gasteiger partial charge in [-0.05, 0) is 53.3 Å². The summed E-state index contributed by atoms with van der Waals surface area (Å²) < 4.78 is 28.2. The maximum atomic E-state index is 12.8. The number of sulfonamides is 1. The van der Waals surface area contributed by atoms with Crippen LogP contribution in [0.2, 0.25) is 0 Å². The highest BCUT2D eigenvalue weighted by molar-refractivity contribution is 7.89. The number of aryl methyl sites for hydroxylation is 1. The van der Waals surface area contributed by atoms with Gasteiger partial charge in [-0.1, -0.05) is 48.0 Å². The smallest absolute Gasteiger partial charge is 0.240 e. The van der Waals surface area contributed by atoms with Crippen molar-refractivity contribution in [1.29, 1.82) is 0 Å². The monoisotopic (exact) mass is 420 g/mol. The van der Waals surface area contributed by atoms with Gasteiger partial charge in [0, 0.05) is 23.7 Å². The summed E-state index contributed by atoms with van der Waals surface area (Å²) in [5.41, 5.74) is 5.86. The van der Waals surface area contributed by atoms with E-state index in [1.807, 2.05) is 72.3 Å². The Morgan fingerprint density at radius 3 is 2.24 bits per heavy atom. The molecule has 0 atom stereocenters. The van der Waals surface area contributed by atoms with Crippen molar-refractivity contribution < 1.29 is 8.42 Å². The van der Waals surface area contributed by atoms with E-state index in [1.165, 1.54) is 5.56 Å². The van der Waals surface area contributed by atoms with Crippen LogP contribution >= 0.6 is 11.3 Å². The molecule has 2 heterocycles. The molecule has 2 aromatic heterocycles. The number of thiophene rings is 1. The SMILES string of the molecule is Cc1ccc(-c2ccc(S(=O)(=O)NCc3cccnc3-c3ccsc3)cc2)cc1. The van der Waals surface area contributed by atoms with Crippen LogP contribution in [0.15, 0.2) is 88.6 Å². The van der Waals surface area contributed by atoms with Gasteiger partial charge >= 0.3 is 0 Å². The number of hydrogen-bond acceptors (Lipinski definition) is 4. The average molecular weight is 421 g/mol. The zero-order valence-electron chi connectivity index (χ0n) is 15.9. The van der Waals surface area contributed by atoms with Crippen molar-refractivity contribution in [2.75, 3.05) is 0 Å². The quantitative estimate of drug-likeness (QED) is 0.463. The lowest BCUT2D eigenvalue weighted by molar-refractivity contribution is 0.581. The number of aromatic nitrogens is 1. The summed E-state index contributed by atoms with van der Waals surface area (Å²) in [4.78, 5) is 4.66. The molecular weight excluding hydrogens is 400 g/mol. The molecule has 0 unspecified atom stereocenters. The summed E-state index contributed by atoms with van der Waals surface area (Å²) in [6, 6.07) is 20.8. The van der Waals surface area contributed by atoms with Crippen LogP contribution in [0.25, 0.3) is 22.4 Å². The average Bonchev–Trinajstić information content (AvgIpc) is 3.28. The van der Waals surface area contributed by atoms with Gasteiger partial charge in [0.1, 0.15) is 0 Å². The normalized spacial score (nSPS) is 11.5. The van der Waals surface area contributed by atoms with E-state index in [9.17, 15) is 8.42 Å². The summed E-state index contributed by atoms with van der Waals surface area (Å²) in [5, 5.41) is 3.98. The first-order chi connectivity index (χ1) is 14.0. The predicted octanol–water partition coefficient (Wildman–Crippen LogP) is 5.26. The molecule has 0 bridgehead atoms. The summed E-state index contributed by atoms with van der Waals surface area (Å²) in [6.07, 6.45) is 1.72. The van der Waals surface area contributed by atoms with E-state index < -0.39 is 10.0 Å². The second-order valence-electron chi connectivity index (χ2n) is 6.74. The van der Waals surface area contributed by atoms with Crippen molar-refractivity contribution in [2.45, 2.75) is 18.4 Å². The molecule has 4 nitrogen and oxygen atoms in total. The number of nitrogens with zero attached hydrogens (tertiary/aromatic N) is 1. The summed E-state index contributed by atoms with van der Waals surface area (Å²) in [6.45, 7) is 2.22. The Bertz CT molecular complexity index is 1200. The molecule has 0 aliphatic rings. The molecule has 0 radical (unpaired) electrons. The second kappa shape index (κ2) is 8.29. The van der Waals surface area contributed by atoms with Crippen molar-refractivity contribution in [3.05, 3.63) is 94.8 Å². The van der Waals surface area contributed by atoms with E-state index in [1.54, 1.807) is 29.7 Å². The van der Waals surface area contributed by atoms with E-state index in [0.29, 0.717) is 0 Å². The summed E-state index contributed by atoms with van der Waals surface area (Å²) >= 11 is 1.59. The number of pyridine rings is 1. The topological polar surface area (TPSA) is 59.1 Å². The van der Waals surface area contributed by atoms with Gasteiger partial charge in [-0.25, -0.2) is 13.1 Å². The first-order valence-corrected chi connectivity index (χ1v) is 11.6. The van der Waals surface area contributed by atoms with E-state index in [0.717, 1.165) is 27.9 Å². The van der Waals surface area contributed by atoms with Gasteiger partial charge in [-0.15, -0.1) is 0 Å². The second-order valence-corrected chi connectivity index (χ2v) is 9.29. The fourth-order valence-electron chi connectivity index (χ4n) is 3.07. The van der Waals surface area contributed by atoms with Crippen LogP contribution in [0, 0.1) is 6.92 Å². The van der Waals surface area contributed by atoms with Crippen LogP contribution in [0.5, 0.6) is 0 Å². The minimum atomic E-state index is -3.62. The number of nitrogens with one attached hydrogen (secondary N) is 1. The minimum absolute atomic E-state index is 0.182. The number of rotatable bonds is 6. The lowest BCUT2D eigenvalue weighted by Gasteiger charge is -2.10. The predicted molar refractivity (Wildman–Crippen MR) is 118 cm³/mol. The molecule has 0 saturated carbocycles. The van der Waals surface area contributed by atoms with Crippen LogP contribution in [0.4, 0.5) is 0 Å². The molecule has 4 aromatic rings. The van der Waals surface area contributed by atoms with Gasteiger partial charge in [-0.3, -0.25) is 4.98 Å². The number of benzene rings is 2. The Hall–Kier alpha value is -2.80. The van der Waals surface area contributed by atoms with Gasteiger partial charge in [0.15, 0.2) is 0 Å². The Morgan fingerprint density at radius 2 is 1.59 bits per heavy atom. The molecule has 0 amide bonds. The van der Waals surface area contributed by atoms with Crippen molar-refractivity contribution >= 4 is 21.4 Å². The van der Waals surface area contributed by atoms with Crippen molar-refractivity contribution in [3.63, 3.8) is 0 Å². The van der Waals surface area contributed by atoms with Crippen molar-refractivity contribution in [2.24, 2.45) is 0 Å². The Labute approximate surface area is 175 Å². The largest absolute Gasteiger partial charge is 0.256 e. The van der Waals surface area contributed by atoms with Gasteiger partial charge in [0.2, 0.25) is 10.0 Å². The first-order valence-electron chi connectivity index (χ1n) is 9.16. The number of hydrogen-bond donors (Lipinski definition) is 1. The van der Waals surface area contributed by atoms with E-state index >= 15 is 0 Å². The fraction of sp³-hybridized carbons (Fsp3) is 0.0870. The third-order valence-electron chi connectivity index (χ3n) is 4.69. The van der Waals surface area contributed by atoms with Gasteiger partial charge < -0.3 is 0 Å². The zero-order valence-corrected chi connectivity index (χ0v) is 17.5. The Morgan fingerprint density at radius 1 is 0.897 bits per heavy atom. The minimum Gasteiger partial charge on any atom is -0.256 e. The Kier molecular flexibility index (Phi) is 5.58. The van der Waals surface area contributed by atoms with E-state index in [4.69, 9.17) is 0 Å². The van der Waals surface area contributed by atoms with E-state index in [-0.39, 0.29) is 11.4 Å². The van der Waals surface area contributed by atoms with E-state index in [2.05, 4.69) is 9.71 Å². The molecular formula is C23H20N2O2S2.